The van der Waals surface area contributed by atoms with Crippen molar-refractivity contribution in [1.29, 1.82) is 0 Å². The van der Waals surface area contributed by atoms with E-state index < -0.39 is 16.1 Å². The second-order valence-electron chi connectivity index (χ2n) is 8.80. The van der Waals surface area contributed by atoms with Crippen molar-refractivity contribution in [3.05, 3.63) is 59.2 Å². The first-order chi connectivity index (χ1) is 15.0. The van der Waals surface area contributed by atoms with Crippen molar-refractivity contribution >= 4 is 21.6 Å². The van der Waals surface area contributed by atoms with E-state index >= 15 is 0 Å². The highest BCUT2D eigenvalue weighted by Crippen LogP contribution is 2.42. The minimum absolute atomic E-state index is 0.254. The minimum atomic E-state index is -3.68. The molecule has 3 rings (SSSR count). The molecular formula is C25H34N2O4S. The molecule has 7 heteroatoms. The maximum absolute atomic E-state index is 13.4. The van der Waals surface area contributed by atoms with Crippen LogP contribution in [0.1, 0.15) is 62.8 Å². The van der Waals surface area contributed by atoms with Gasteiger partial charge >= 0.3 is 0 Å². The quantitative estimate of drug-likeness (QED) is 0.655. The van der Waals surface area contributed by atoms with Crippen LogP contribution in [-0.2, 0) is 14.8 Å². The van der Waals surface area contributed by atoms with Crippen molar-refractivity contribution in [2.75, 3.05) is 10.6 Å². The van der Waals surface area contributed by atoms with E-state index in [-0.39, 0.29) is 17.6 Å². The van der Waals surface area contributed by atoms with Crippen molar-refractivity contribution in [1.82, 2.24) is 5.32 Å². The molecule has 0 radical (unpaired) electrons. The van der Waals surface area contributed by atoms with E-state index in [1.807, 2.05) is 50.2 Å². The number of hydrogen-bond acceptors (Lipinski definition) is 4. The fraction of sp³-hybridized carbons (Fsp3) is 0.480. The predicted molar refractivity (Wildman–Crippen MR) is 129 cm³/mol. The number of para-hydroxylation sites is 1. The average Bonchev–Trinajstić information content (AvgIpc) is 2.75. The molecule has 2 aromatic carbocycles. The number of hydrogen-bond donors (Lipinski definition) is 1. The molecule has 1 heterocycles. The number of carbonyl (C=O) groups is 1. The Labute approximate surface area is 192 Å². The SMILES string of the molecule is CCC1(CC)C[C@H](NC(=O)[C@H](C)N(c2ccc(C)c(C)c2)S(C)(=O)=O)c2ccccc2O1. The van der Waals surface area contributed by atoms with Crippen LogP contribution < -0.4 is 14.4 Å². The molecule has 1 amide bonds. The highest BCUT2D eigenvalue weighted by molar-refractivity contribution is 7.92. The zero-order valence-corrected chi connectivity index (χ0v) is 20.6. The van der Waals surface area contributed by atoms with Gasteiger partial charge < -0.3 is 10.1 Å². The smallest absolute Gasteiger partial charge is 0.244 e. The van der Waals surface area contributed by atoms with Gasteiger partial charge in [-0.3, -0.25) is 9.10 Å². The minimum Gasteiger partial charge on any atom is -0.487 e. The van der Waals surface area contributed by atoms with E-state index in [0.717, 1.165) is 41.5 Å². The lowest BCUT2D eigenvalue weighted by Gasteiger charge is -2.42. The Kier molecular flexibility index (Phi) is 6.89. The fourth-order valence-corrected chi connectivity index (χ4v) is 5.56. The van der Waals surface area contributed by atoms with Gasteiger partial charge in [0.15, 0.2) is 0 Å². The van der Waals surface area contributed by atoms with Crippen LogP contribution in [0.25, 0.3) is 0 Å². The number of fused-ring (bicyclic) bond motifs is 1. The second kappa shape index (κ2) is 9.14. The molecule has 2 aromatic rings. The number of nitrogens with one attached hydrogen (secondary N) is 1. The lowest BCUT2D eigenvalue weighted by molar-refractivity contribution is -0.123. The first-order valence-electron chi connectivity index (χ1n) is 11.2. The predicted octanol–water partition coefficient (Wildman–Crippen LogP) is 4.66. The van der Waals surface area contributed by atoms with E-state index in [4.69, 9.17) is 4.74 Å². The summed E-state index contributed by atoms with van der Waals surface area (Å²) < 4.78 is 32.9. The number of carbonyl (C=O) groups excluding carboxylic acids is 1. The fourth-order valence-electron chi connectivity index (χ4n) is 4.39. The van der Waals surface area contributed by atoms with Gasteiger partial charge in [0.25, 0.3) is 0 Å². The van der Waals surface area contributed by atoms with Crippen LogP contribution in [0.4, 0.5) is 5.69 Å². The van der Waals surface area contributed by atoms with Gasteiger partial charge in [-0.25, -0.2) is 8.42 Å². The number of benzene rings is 2. The number of nitrogens with zero attached hydrogens (tertiary/aromatic N) is 1. The van der Waals surface area contributed by atoms with Crippen LogP contribution in [-0.4, -0.2) is 32.2 Å². The van der Waals surface area contributed by atoms with Gasteiger partial charge in [0.1, 0.15) is 17.4 Å². The molecule has 0 saturated carbocycles. The maximum Gasteiger partial charge on any atom is 0.244 e. The molecule has 1 N–H and O–H groups in total. The van der Waals surface area contributed by atoms with Crippen LogP contribution in [0.15, 0.2) is 42.5 Å². The number of anilines is 1. The highest BCUT2D eigenvalue weighted by atomic mass is 32.2. The number of sulfonamides is 1. The molecule has 6 nitrogen and oxygen atoms in total. The van der Waals surface area contributed by atoms with E-state index in [1.54, 1.807) is 13.0 Å². The van der Waals surface area contributed by atoms with Gasteiger partial charge in [0.2, 0.25) is 15.9 Å². The number of aryl methyl sites for hydroxylation is 2. The maximum atomic E-state index is 13.4. The molecule has 0 aromatic heterocycles. The van der Waals surface area contributed by atoms with Crippen LogP contribution in [0, 0.1) is 13.8 Å². The van der Waals surface area contributed by atoms with Crippen molar-refractivity contribution in [2.24, 2.45) is 0 Å². The second-order valence-corrected chi connectivity index (χ2v) is 10.7. The van der Waals surface area contributed by atoms with Gasteiger partial charge in [-0.2, -0.15) is 0 Å². The molecular weight excluding hydrogens is 424 g/mol. The van der Waals surface area contributed by atoms with Crippen LogP contribution in [0.3, 0.4) is 0 Å². The van der Waals surface area contributed by atoms with Gasteiger partial charge in [-0.15, -0.1) is 0 Å². The van der Waals surface area contributed by atoms with Gasteiger partial charge in [0.05, 0.1) is 18.0 Å². The topological polar surface area (TPSA) is 75.7 Å². The summed E-state index contributed by atoms with van der Waals surface area (Å²) in [5.74, 6) is 0.436. The molecule has 32 heavy (non-hydrogen) atoms. The molecule has 0 aliphatic carbocycles. The zero-order chi connectivity index (χ0) is 23.7. The summed E-state index contributed by atoms with van der Waals surface area (Å²) in [6.45, 7) is 9.70. The normalized spacial score (nSPS) is 18.2. The van der Waals surface area contributed by atoms with Gasteiger partial charge in [-0.1, -0.05) is 38.1 Å². The summed E-state index contributed by atoms with van der Waals surface area (Å²) in [7, 11) is -3.68. The molecule has 0 fully saturated rings. The average molecular weight is 459 g/mol. The summed E-state index contributed by atoms with van der Waals surface area (Å²) in [6, 6.07) is 12.0. The summed E-state index contributed by atoms with van der Waals surface area (Å²) in [5, 5.41) is 3.12. The Morgan fingerprint density at radius 2 is 1.81 bits per heavy atom. The summed E-state index contributed by atoms with van der Waals surface area (Å²) in [5.41, 5.74) is 3.08. The van der Waals surface area contributed by atoms with E-state index in [9.17, 15) is 13.2 Å². The molecule has 0 spiro atoms. The Balaban J connectivity index is 1.92. The molecule has 0 saturated heterocycles. The van der Waals surface area contributed by atoms with Crippen molar-refractivity contribution in [2.45, 2.75) is 71.6 Å². The summed E-state index contributed by atoms with van der Waals surface area (Å²) in [4.78, 5) is 13.4. The van der Waals surface area contributed by atoms with Crippen molar-refractivity contribution < 1.29 is 17.9 Å². The molecule has 1 aliphatic rings. The van der Waals surface area contributed by atoms with E-state index in [0.29, 0.717) is 12.1 Å². The molecule has 0 bridgehead atoms. The number of rotatable bonds is 7. The first kappa shape index (κ1) is 24.1. The monoisotopic (exact) mass is 458 g/mol. The zero-order valence-electron chi connectivity index (χ0n) is 19.8. The Bertz CT molecular complexity index is 1090. The molecule has 2 atom stereocenters. The Hall–Kier alpha value is -2.54. The number of ether oxygens (including phenoxy) is 1. The summed E-state index contributed by atoms with van der Waals surface area (Å²) >= 11 is 0. The van der Waals surface area contributed by atoms with Gasteiger partial charge in [0, 0.05) is 12.0 Å². The molecule has 174 valence electrons. The third-order valence-electron chi connectivity index (χ3n) is 6.64. The van der Waals surface area contributed by atoms with E-state index in [1.165, 1.54) is 4.31 Å². The third kappa shape index (κ3) is 4.77. The molecule has 0 unspecified atom stereocenters. The highest BCUT2D eigenvalue weighted by Gasteiger charge is 2.40. The first-order valence-corrected chi connectivity index (χ1v) is 13.0. The standard InChI is InChI=1S/C25H34N2O4S/c1-7-25(8-2)16-22(21-11-9-10-12-23(21)31-25)26-24(28)19(5)27(32(6,29)30)20-14-13-17(3)18(4)15-20/h9-15,19,22H,7-8,16H2,1-6H3,(H,26,28)/t19-,22-/m0/s1. The third-order valence-corrected chi connectivity index (χ3v) is 7.88. The summed E-state index contributed by atoms with van der Waals surface area (Å²) in [6.07, 6.45) is 3.41. The lowest BCUT2D eigenvalue weighted by atomic mass is 9.83. The van der Waals surface area contributed by atoms with Crippen molar-refractivity contribution in [3.8, 4) is 5.75 Å². The molecule has 1 aliphatic heterocycles. The Morgan fingerprint density at radius 1 is 1.16 bits per heavy atom. The van der Waals surface area contributed by atoms with Crippen LogP contribution in [0.5, 0.6) is 5.75 Å². The van der Waals surface area contributed by atoms with Crippen molar-refractivity contribution in [3.63, 3.8) is 0 Å². The van der Waals surface area contributed by atoms with Crippen LogP contribution >= 0.6 is 0 Å². The van der Waals surface area contributed by atoms with Crippen LogP contribution in [0.2, 0.25) is 0 Å². The Morgan fingerprint density at radius 3 is 2.41 bits per heavy atom. The van der Waals surface area contributed by atoms with Gasteiger partial charge in [-0.05, 0) is 62.9 Å². The largest absolute Gasteiger partial charge is 0.487 e. The van der Waals surface area contributed by atoms with E-state index in [2.05, 4.69) is 19.2 Å². The number of amides is 1. The lowest BCUT2D eigenvalue weighted by Crippen LogP contribution is -2.51.